The maximum Gasteiger partial charge on any atom is 0.416 e. The number of nitrogens with zero attached hydrogens (tertiary/aromatic N) is 2. The van der Waals surface area contributed by atoms with E-state index in [-0.39, 0.29) is 0 Å². The molecule has 2 nitrogen and oxygen atoms in total. The molecule has 0 atom stereocenters. The molecule has 0 N–H and O–H groups in total. The van der Waals surface area contributed by atoms with Crippen LogP contribution in [0.5, 0.6) is 0 Å². The molecule has 2 heterocycles. The van der Waals surface area contributed by atoms with Crippen LogP contribution in [0.3, 0.4) is 0 Å². The van der Waals surface area contributed by atoms with Crippen molar-refractivity contribution < 1.29 is 26.3 Å². The number of halogens is 6. The van der Waals surface area contributed by atoms with Gasteiger partial charge in [0.1, 0.15) is 0 Å². The van der Waals surface area contributed by atoms with Gasteiger partial charge in [-0.2, -0.15) is 26.3 Å². The lowest BCUT2D eigenvalue weighted by Gasteiger charge is -2.08. The number of alkyl halides is 6. The van der Waals surface area contributed by atoms with Gasteiger partial charge in [0.2, 0.25) is 0 Å². The number of aryl methyl sites for hydroxylation is 2. The summed E-state index contributed by atoms with van der Waals surface area (Å²) in [5, 5.41) is 4.68. The van der Waals surface area contributed by atoms with Crippen LogP contribution in [0, 0.1) is 0 Å². The van der Waals surface area contributed by atoms with Crippen LogP contribution in [0.25, 0.3) is 54.4 Å². The van der Waals surface area contributed by atoms with Crippen LogP contribution < -0.4 is 0 Å². The summed E-state index contributed by atoms with van der Waals surface area (Å²) in [6.07, 6.45) is -8.89. The number of hydrogen-bond donors (Lipinski definition) is 0. The smallest absolute Gasteiger partial charge is 0.343 e. The van der Waals surface area contributed by atoms with E-state index < -0.39 is 23.5 Å². The van der Waals surface area contributed by atoms with Crippen molar-refractivity contribution in [3.8, 4) is 0 Å². The Balaban J connectivity index is 1.72. The highest BCUT2D eigenvalue weighted by Crippen LogP contribution is 2.41. The Morgan fingerprint density at radius 3 is 1.09 bits per heavy atom. The van der Waals surface area contributed by atoms with E-state index in [1.54, 1.807) is 23.2 Å². The Kier molecular flexibility index (Phi) is 3.97. The van der Waals surface area contributed by atoms with E-state index in [1.165, 1.54) is 12.1 Å². The van der Waals surface area contributed by atoms with E-state index in [0.29, 0.717) is 21.8 Å². The minimum absolute atomic E-state index is 0.462. The first-order valence-corrected chi connectivity index (χ1v) is 10.5. The molecule has 172 valence electrons. The zero-order valence-electron chi connectivity index (χ0n) is 17.9. The lowest BCUT2D eigenvalue weighted by atomic mass is 10.0. The molecule has 4 aromatic carbocycles. The SMILES string of the molecule is Cn1c2cc(C(F)(F)F)ccc2c2ccc3c(ccc4c5ccc(C(F)(F)F)cc5n(C)c43)c21. The van der Waals surface area contributed by atoms with Gasteiger partial charge in [0.05, 0.1) is 22.2 Å². The molecular weight excluding hydrogens is 454 g/mol. The normalized spacial score (nSPS) is 13.3. The molecule has 0 aliphatic rings. The van der Waals surface area contributed by atoms with Gasteiger partial charge in [0.25, 0.3) is 0 Å². The Bertz CT molecular complexity index is 1660. The fourth-order valence-corrected chi connectivity index (χ4v) is 5.20. The first-order valence-electron chi connectivity index (χ1n) is 10.5. The van der Waals surface area contributed by atoms with E-state index in [2.05, 4.69) is 0 Å². The molecule has 0 aliphatic heterocycles. The van der Waals surface area contributed by atoms with Crippen molar-refractivity contribution in [1.29, 1.82) is 0 Å². The number of benzene rings is 4. The molecule has 0 fully saturated rings. The average molecular weight is 470 g/mol. The lowest BCUT2D eigenvalue weighted by molar-refractivity contribution is -0.138. The molecule has 0 radical (unpaired) electrons. The van der Waals surface area contributed by atoms with Crippen LogP contribution in [-0.4, -0.2) is 9.13 Å². The molecule has 0 aliphatic carbocycles. The van der Waals surface area contributed by atoms with Gasteiger partial charge in [-0.15, -0.1) is 0 Å². The van der Waals surface area contributed by atoms with Gasteiger partial charge in [-0.05, 0) is 24.3 Å². The van der Waals surface area contributed by atoms with Gasteiger partial charge in [0, 0.05) is 57.4 Å². The van der Waals surface area contributed by atoms with E-state index >= 15 is 0 Å². The molecule has 8 heteroatoms. The highest BCUT2D eigenvalue weighted by molar-refractivity contribution is 6.25. The number of hydrogen-bond acceptors (Lipinski definition) is 0. The number of fused-ring (bicyclic) bond motifs is 9. The summed E-state index contributed by atoms with van der Waals surface area (Å²) < 4.78 is 83.3. The van der Waals surface area contributed by atoms with Crippen LogP contribution in [0.4, 0.5) is 26.3 Å². The molecule has 0 bridgehead atoms. The quantitative estimate of drug-likeness (QED) is 0.198. The summed E-state index contributed by atoms with van der Waals surface area (Å²) in [6, 6.07) is 14.9. The van der Waals surface area contributed by atoms with Crippen molar-refractivity contribution >= 4 is 54.4 Å². The first-order chi connectivity index (χ1) is 16.0. The van der Waals surface area contributed by atoms with E-state index in [0.717, 1.165) is 56.8 Å². The van der Waals surface area contributed by atoms with Crippen LogP contribution in [0.1, 0.15) is 11.1 Å². The molecule has 0 amide bonds. The Labute approximate surface area is 188 Å². The average Bonchev–Trinajstić information content (AvgIpc) is 3.24. The van der Waals surface area contributed by atoms with Gasteiger partial charge in [0.15, 0.2) is 0 Å². The van der Waals surface area contributed by atoms with Crippen molar-refractivity contribution in [2.45, 2.75) is 12.4 Å². The number of aromatic nitrogens is 2. The maximum absolute atomic E-state index is 13.3. The summed E-state index contributed by atoms with van der Waals surface area (Å²) >= 11 is 0. The predicted octanol–water partition coefficient (Wildman–Crippen LogP) is 8.17. The Hall–Kier alpha value is -3.68. The van der Waals surface area contributed by atoms with Crippen LogP contribution in [0.2, 0.25) is 0 Å². The van der Waals surface area contributed by atoms with Gasteiger partial charge in [-0.3, -0.25) is 0 Å². The Morgan fingerprint density at radius 2 is 0.765 bits per heavy atom. The molecule has 0 saturated heterocycles. The second-order valence-electron chi connectivity index (χ2n) is 8.60. The topological polar surface area (TPSA) is 9.86 Å². The van der Waals surface area contributed by atoms with Crippen molar-refractivity contribution in [2.75, 3.05) is 0 Å². The zero-order chi connectivity index (χ0) is 24.2. The molecule has 0 unspecified atom stereocenters. The highest BCUT2D eigenvalue weighted by atomic mass is 19.4. The largest absolute Gasteiger partial charge is 0.416 e. The summed E-state index contributed by atoms with van der Waals surface area (Å²) in [5.41, 5.74) is 1.04. The van der Waals surface area contributed by atoms with E-state index in [9.17, 15) is 26.3 Å². The minimum Gasteiger partial charge on any atom is -0.343 e. The molecule has 2 aromatic heterocycles. The molecule has 6 aromatic rings. The predicted molar refractivity (Wildman–Crippen MR) is 122 cm³/mol. The van der Waals surface area contributed by atoms with Gasteiger partial charge >= 0.3 is 12.4 Å². The lowest BCUT2D eigenvalue weighted by Crippen LogP contribution is -2.04. The fourth-order valence-electron chi connectivity index (χ4n) is 5.20. The fraction of sp³-hybridized carbons (Fsp3) is 0.154. The van der Waals surface area contributed by atoms with E-state index in [1.807, 2.05) is 24.3 Å². The third kappa shape index (κ3) is 2.71. The summed E-state index contributed by atoms with van der Waals surface area (Å²) in [7, 11) is 3.46. The second kappa shape index (κ2) is 6.46. The maximum atomic E-state index is 13.3. The van der Waals surface area contributed by atoms with Crippen molar-refractivity contribution in [2.24, 2.45) is 14.1 Å². The van der Waals surface area contributed by atoms with Crippen molar-refractivity contribution in [3.05, 3.63) is 71.8 Å². The highest BCUT2D eigenvalue weighted by Gasteiger charge is 2.32. The molecule has 0 spiro atoms. The van der Waals surface area contributed by atoms with Crippen LogP contribution >= 0.6 is 0 Å². The van der Waals surface area contributed by atoms with Crippen molar-refractivity contribution in [1.82, 2.24) is 9.13 Å². The Morgan fingerprint density at radius 1 is 0.471 bits per heavy atom. The summed E-state index contributed by atoms with van der Waals surface area (Å²) in [6.45, 7) is 0. The number of rotatable bonds is 0. The zero-order valence-corrected chi connectivity index (χ0v) is 17.9. The first kappa shape index (κ1) is 20.9. The summed E-state index contributed by atoms with van der Waals surface area (Å²) in [4.78, 5) is 0. The summed E-state index contributed by atoms with van der Waals surface area (Å²) in [5.74, 6) is 0. The second-order valence-corrected chi connectivity index (χ2v) is 8.60. The molecular formula is C26H16F6N2. The molecule has 0 saturated carbocycles. The standard InChI is InChI=1S/C26H16F6N2/c1-33-21-11-13(25(27,28)29)3-5-15(21)17-7-10-20-19(23(17)33)9-8-18-16-6-4-14(26(30,31)32)12-22(16)34(2)24(18)20/h3-12H,1-2H3. The minimum atomic E-state index is -4.45. The monoisotopic (exact) mass is 470 g/mol. The van der Waals surface area contributed by atoms with Gasteiger partial charge in [-0.1, -0.05) is 36.4 Å². The van der Waals surface area contributed by atoms with Gasteiger partial charge < -0.3 is 9.13 Å². The molecule has 34 heavy (non-hydrogen) atoms. The van der Waals surface area contributed by atoms with Crippen molar-refractivity contribution in [3.63, 3.8) is 0 Å². The van der Waals surface area contributed by atoms with Crippen LogP contribution in [-0.2, 0) is 26.4 Å². The third-order valence-electron chi connectivity index (χ3n) is 6.77. The third-order valence-corrected chi connectivity index (χ3v) is 6.77. The molecule has 6 rings (SSSR count). The van der Waals surface area contributed by atoms with E-state index in [4.69, 9.17) is 0 Å². The van der Waals surface area contributed by atoms with Gasteiger partial charge in [-0.25, -0.2) is 0 Å². The van der Waals surface area contributed by atoms with Crippen LogP contribution in [0.15, 0.2) is 60.7 Å².